The summed E-state index contributed by atoms with van der Waals surface area (Å²) in [6, 6.07) is 0. The smallest absolute Gasteiger partial charge is 0.306 e. The average Bonchev–Trinajstić information content (AvgIpc) is 2.52. The van der Waals surface area contributed by atoms with Crippen molar-refractivity contribution in [2.75, 3.05) is 26.2 Å². The Labute approximate surface area is 130 Å². The van der Waals surface area contributed by atoms with Crippen LogP contribution in [0.1, 0.15) is 32.6 Å². The van der Waals surface area contributed by atoms with E-state index in [4.69, 9.17) is 9.84 Å². The Morgan fingerprint density at radius 1 is 1.27 bits per heavy atom. The maximum atomic E-state index is 12.6. The van der Waals surface area contributed by atoms with Crippen LogP contribution in [0.15, 0.2) is 0 Å². The van der Waals surface area contributed by atoms with E-state index in [1.54, 1.807) is 4.90 Å². The van der Waals surface area contributed by atoms with Crippen LogP contribution in [0.5, 0.6) is 0 Å². The fourth-order valence-electron chi connectivity index (χ4n) is 3.20. The second-order valence-electron chi connectivity index (χ2n) is 6.11. The number of hydrogen-bond donors (Lipinski definition) is 2. The zero-order chi connectivity index (χ0) is 16.1. The maximum absolute atomic E-state index is 12.6. The van der Waals surface area contributed by atoms with Gasteiger partial charge < -0.3 is 20.1 Å². The summed E-state index contributed by atoms with van der Waals surface area (Å²) in [6.07, 6.45) is 2.44. The van der Waals surface area contributed by atoms with Crippen LogP contribution >= 0.6 is 0 Å². The van der Waals surface area contributed by atoms with Crippen molar-refractivity contribution in [1.29, 1.82) is 0 Å². The maximum Gasteiger partial charge on any atom is 0.306 e. The molecule has 2 fully saturated rings. The van der Waals surface area contributed by atoms with Gasteiger partial charge in [-0.1, -0.05) is 6.42 Å². The minimum atomic E-state index is -0.803. The first-order chi connectivity index (χ1) is 10.5. The summed E-state index contributed by atoms with van der Waals surface area (Å²) in [5.74, 6) is -1.50. The number of aliphatic carboxylic acids is 1. The lowest BCUT2D eigenvalue weighted by Crippen LogP contribution is -2.51. The molecule has 0 aromatic carbocycles. The van der Waals surface area contributed by atoms with Crippen molar-refractivity contribution in [2.45, 2.75) is 38.7 Å². The Morgan fingerprint density at radius 2 is 2.00 bits per heavy atom. The van der Waals surface area contributed by atoms with Gasteiger partial charge in [0.2, 0.25) is 11.8 Å². The standard InChI is InChI=1S/C15H24N2O5/c1-10(18)16-8-13-9-17(5-6-22-13)14(19)11-3-2-4-12(7-11)15(20)21/h11-13H,2-9H2,1H3,(H,16,18)(H,20,21). The summed E-state index contributed by atoms with van der Waals surface area (Å²) in [5, 5.41) is 11.8. The van der Waals surface area contributed by atoms with Crippen LogP contribution in [0.4, 0.5) is 0 Å². The first-order valence-electron chi connectivity index (χ1n) is 7.85. The zero-order valence-corrected chi connectivity index (χ0v) is 12.9. The van der Waals surface area contributed by atoms with E-state index >= 15 is 0 Å². The number of carbonyl (C=O) groups excluding carboxylic acids is 2. The van der Waals surface area contributed by atoms with Crippen LogP contribution in [-0.2, 0) is 19.1 Å². The van der Waals surface area contributed by atoms with Gasteiger partial charge >= 0.3 is 5.97 Å². The summed E-state index contributed by atoms with van der Waals surface area (Å²) < 4.78 is 5.55. The molecule has 0 aromatic heterocycles. The molecular weight excluding hydrogens is 288 g/mol. The molecule has 1 saturated carbocycles. The quantitative estimate of drug-likeness (QED) is 0.775. The van der Waals surface area contributed by atoms with Crippen molar-refractivity contribution < 1.29 is 24.2 Å². The second kappa shape index (κ2) is 7.58. The number of nitrogens with zero attached hydrogens (tertiary/aromatic N) is 1. The third-order valence-corrected chi connectivity index (χ3v) is 4.40. The number of carboxylic acids is 1. The number of morpholine rings is 1. The Bertz CT molecular complexity index is 440. The molecule has 2 rings (SSSR count). The summed E-state index contributed by atoms with van der Waals surface area (Å²) in [7, 11) is 0. The van der Waals surface area contributed by atoms with Gasteiger partial charge in [0.25, 0.3) is 0 Å². The Hall–Kier alpha value is -1.63. The Morgan fingerprint density at radius 3 is 2.68 bits per heavy atom. The lowest BCUT2D eigenvalue weighted by molar-refractivity contribution is -0.148. The number of carboxylic acid groups (broad SMARTS) is 1. The van der Waals surface area contributed by atoms with Crippen LogP contribution < -0.4 is 5.32 Å². The lowest BCUT2D eigenvalue weighted by Gasteiger charge is -2.36. The van der Waals surface area contributed by atoms with Crippen LogP contribution in [-0.4, -0.2) is 60.1 Å². The highest BCUT2D eigenvalue weighted by Crippen LogP contribution is 2.30. The SMILES string of the molecule is CC(=O)NCC1CN(C(=O)C2CCCC(C(=O)O)C2)CCO1. The van der Waals surface area contributed by atoms with Gasteiger partial charge in [0.1, 0.15) is 0 Å². The number of nitrogens with one attached hydrogen (secondary N) is 1. The molecule has 2 N–H and O–H groups in total. The molecule has 0 spiro atoms. The van der Waals surface area contributed by atoms with Crippen LogP contribution in [0.2, 0.25) is 0 Å². The predicted octanol–water partition coefficient (Wildman–Crippen LogP) is 0.241. The largest absolute Gasteiger partial charge is 0.481 e. The summed E-state index contributed by atoms with van der Waals surface area (Å²) in [4.78, 5) is 36.4. The molecule has 1 heterocycles. The highest BCUT2D eigenvalue weighted by molar-refractivity contribution is 5.80. The number of rotatable bonds is 4. The molecular formula is C15H24N2O5. The molecule has 124 valence electrons. The van der Waals surface area contributed by atoms with Gasteiger partial charge in [0, 0.05) is 32.5 Å². The van der Waals surface area contributed by atoms with Gasteiger partial charge in [0.15, 0.2) is 0 Å². The van der Waals surface area contributed by atoms with Crippen molar-refractivity contribution in [3.8, 4) is 0 Å². The lowest BCUT2D eigenvalue weighted by atomic mass is 9.80. The van der Waals surface area contributed by atoms with E-state index in [0.29, 0.717) is 39.1 Å². The third kappa shape index (κ3) is 4.43. The van der Waals surface area contributed by atoms with Crippen molar-refractivity contribution in [3.63, 3.8) is 0 Å². The van der Waals surface area contributed by atoms with Gasteiger partial charge in [0.05, 0.1) is 18.6 Å². The van der Waals surface area contributed by atoms with Crippen LogP contribution in [0.25, 0.3) is 0 Å². The first kappa shape index (κ1) is 16.7. The monoisotopic (exact) mass is 312 g/mol. The highest BCUT2D eigenvalue weighted by Gasteiger charge is 2.35. The van der Waals surface area contributed by atoms with Crippen molar-refractivity contribution in [3.05, 3.63) is 0 Å². The van der Waals surface area contributed by atoms with E-state index in [1.807, 2.05) is 0 Å². The molecule has 3 atom stereocenters. The average molecular weight is 312 g/mol. The van der Waals surface area contributed by atoms with E-state index in [0.717, 1.165) is 12.8 Å². The number of amides is 2. The van der Waals surface area contributed by atoms with Crippen molar-refractivity contribution >= 4 is 17.8 Å². The third-order valence-electron chi connectivity index (χ3n) is 4.40. The van der Waals surface area contributed by atoms with E-state index in [1.165, 1.54) is 6.92 Å². The van der Waals surface area contributed by atoms with Crippen molar-refractivity contribution in [2.24, 2.45) is 11.8 Å². The summed E-state index contributed by atoms with van der Waals surface area (Å²) in [6.45, 7) is 3.27. The Kier molecular flexibility index (Phi) is 5.76. The molecule has 7 heteroatoms. The number of ether oxygens (including phenoxy) is 1. The minimum Gasteiger partial charge on any atom is -0.481 e. The van der Waals surface area contributed by atoms with Gasteiger partial charge in [-0.15, -0.1) is 0 Å². The van der Waals surface area contributed by atoms with Gasteiger partial charge in [-0.05, 0) is 19.3 Å². The summed E-state index contributed by atoms with van der Waals surface area (Å²) >= 11 is 0. The van der Waals surface area contributed by atoms with E-state index in [2.05, 4.69) is 5.32 Å². The van der Waals surface area contributed by atoms with E-state index in [-0.39, 0.29) is 23.8 Å². The van der Waals surface area contributed by atoms with Gasteiger partial charge in [-0.25, -0.2) is 0 Å². The molecule has 1 saturated heterocycles. The molecule has 1 aliphatic heterocycles. The molecule has 3 unspecified atom stereocenters. The predicted molar refractivity (Wildman–Crippen MR) is 78.1 cm³/mol. The molecule has 2 aliphatic rings. The van der Waals surface area contributed by atoms with Gasteiger partial charge in [-0.3, -0.25) is 14.4 Å². The topological polar surface area (TPSA) is 95.9 Å². The molecule has 0 aromatic rings. The normalized spacial score (nSPS) is 29.0. The first-order valence-corrected chi connectivity index (χ1v) is 7.85. The van der Waals surface area contributed by atoms with E-state index < -0.39 is 11.9 Å². The molecule has 7 nitrogen and oxygen atoms in total. The molecule has 0 radical (unpaired) electrons. The van der Waals surface area contributed by atoms with Crippen LogP contribution in [0, 0.1) is 11.8 Å². The molecule has 0 bridgehead atoms. The van der Waals surface area contributed by atoms with E-state index in [9.17, 15) is 14.4 Å². The minimum absolute atomic E-state index is 0.0297. The van der Waals surface area contributed by atoms with Gasteiger partial charge in [-0.2, -0.15) is 0 Å². The Balaban J connectivity index is 1.88. The second-order valence-corrected chi connectivity index (χ2v) is 6.11. The van der Waals surface area contributed by atoms with Crippen LogP contribution in [0.3, 0.4) is 0 Å². The fourth-order valence-corrected chi connectivity index (χ4v) is 3.20. The number of hydrogen-bond acceptors (Lipinski definition) is 4. The molecule has 2 amide bonds. The highest BCUT2D eigenvalue weighted by atomic mass is 16.5. The van der Waals surface area contributed by atoms with Crippen molar-refractivity contribution in [1.82, 2.24) is 10.2 Å². The summed E-state index contributed by atoms with van der Waals surface area (Å²) in [5.41, 5.74) is 0. The molecule has 1 aliphatic carbocycles. The zero-order valence-electron chi connectivity index (χ0n) is 12.9. The molecule has 22 heavy (non-hydrogen) atoms. The number of carbonyl (C=O) groups is 3. The fraction of sp³-hybridized carbons (Fsp3) is 0.800.